The summed E-state index contributed by atoms with van der Waals surface area (Å²) >= 11 is 0. The van der Waals surface area contributed by atoms with E-state index in [9.17, 15) is 18.0 Å². The highest BCUT2D eigenvalue weighted by atomic mass is 32.2. The van der Waals surface area contributed by atoms with Crippen molar-refractivity contribution in [1.29, 1.82) is 0 Å². The first-order valence-corrected chi connectivity index (χ1v) is 14.0. The number of carbonyl (C=O) groups is 2. The van der Waals surface area contributed by atoms with E-state index in [4.69, 9.17) is 0 Å². The van der Waals surface area contributed by atoms with E-state index in [1.807, 2.05) is 37.3 Å². The van der Waals surface area contributed by atoms with Crippen molar-refractivity contribution < 1.29 is 18.0 Å². The Morgan fingerprint density at radius 2 is 1.60 bits per heavy atom. The van der Waals surface area contributed by atoms with Crippen LogP contribution >= 0.6 is 0 Å². The molecule has 2 aliphatic rings. The Hall–Kier alpha value is -2.65. The molecular formula is C26H36N4O4S. The van der Waals surface area contributed by atoms with Gasteiger partial charge in [-0.3, -0.25) is 9.59 Å². The second-order valence-corrected chi connectivity index (χ2v) is 11.4. The van der Waals surface area contributed by atoms with E-state index in [-0.39, 0.29) is 41.3 Å². The molecule has 0 atom stereocenters. The second kappa shape index (κ2) is 10.5. The molecule has 0 unspecified atom stereocenters. The summed E-state index contributed by atoms with van der Waals surface area (Å²) in [5.41, 5.74) is 2.20. The van der Waals surface area contributed by atoms with Crippen LogP contribution in [0.4, 0.5) is 5.69 Å². The summed E-state index contributed by atoms with van der Waals surface area (Å²) in [5, 5.41) is 0. The molecule has 190 valence electrons. The monoisotopic (exact) mass is 500 g/mol. The molecular weight excluding hydrogens is 464 g/mol. The largest absolute Gasteiger partial charge is 0.361 e. The minimum absolute atomic E-state index is 0.0328. The van der Waals surface area contributed by atoms with E-state index < -0.39 is 10.0 Å². The number of H-pyrrole nitrogens is 1. The first-order valence-electron chi connectivity index (χ1n) is 12.6. The summed E-state index contributed by atoms with van der Waals surface area (Å²) in [6.45, 7) is 7.81. The number of piperidine rings is 2. The number of anilines is 1. The highest BCUT2D eigenvalue weighted by Crippen LogP contribution is 2.32. The number of sulfonamides is 1. The topological polar surface area (TPSA) is 93.8 Å². The average Bonchev–Trinajstić information content (AvgIpc) is 3.19. The van der Waals surface area contributed by atoms with Gasteiger partial charge in [-0.15, -0.1) is 0 Å². The number of rotatable bonds is 6. The van der Waals surface area contributed by atoms with Gasteiger partial charge in [0.1, 0.15) is 4.90 Å². The van der Waals surface area contributed by atoms with Gasteiger partial charge in [0, 0.05) is 55.7 Å². The van der Waals surface area contributed by atoms with Crippen molar-refractivity contribution >= 4 is 27.5 Å². The van der Waals surface area contributed by atoms with Crippen molar-refractivity contribution in [2.24, 2.45) is 5.92 Å². The zero-order valence-electron chi connectivity index (χ0n) is 20.9. The molecule has 0 saturated carbocycles. The van der Waals surface area contributed by atoms with Crippen molar-refractivity contribution in [3.8, 4) is 0 Å². The van der Waals surface area contributed by atoms with Crippen LogP contribution in [0.15, 0.2) is 35.2 Å². The molecule has 8 nitrogen and oxygen atoms in total. The molecule has 4 rings (SSSR count). The highest BCUT2D eigenvalue weighted by Gasteiger charge is 2.38. The lowest BCUT2D eigenvalue weighted by Crippen LogP contribution is -2.45. The molecule has 0 radical (unpaired) electrons. The lowest BCUT2D eigenvalue weighted by molar-refractivity contribution is -0.123. The van der Waals surface area contributed by atoms with E-state index in [0.29, 0.717) is 43.9 Å². The number of nitrogens with one attached hydrogen (secondary N) is 1. The smallest absolute Gasteiger partial charge is 0.257 e. The number of aromatic nitrogens is 1. The maximum atomic E-state index is 13.8. The fourth-order valence-corrected chi connectivity index (χ4v) is 7.25. The molecule has 0 aliphatic carbocycles. The van der Waals surface area contributed by atoms with Crippen molar-refractivity contribution in [3.63, 3.8) is 0 Å². The number of likely N-dealkylation sites (tertiary alicyclic amines) is 1. The Kier molecular flexibility index (Phi) is 7.66. The number of para-hydroxylation sites is 1. The van der Waals surface area contributed by atoms with Gasteiger partial charge >= 0.3 is 0 Å². The molecule has 9 heteroatoms. The first-order chi connectivity index (χ1) is 16.8. The first kappa shape index (κ1) is 25.4. The van der Waals surface area contributed by atoms with Gasteiger partial charge in [0.2, 0.25) is 15.9 Å². The van der Waals surface area contributed by atoms with E-state index in [0.717, 1.165) is 24.9 Å². The van der Waals surface area contributed by atoms with Crippen LogP contribution in [0.5, 0.6) is 0 Å². The molecule has 2 saturated heterocycles. The van der Waals surface area contributed by atoms with Crippen LogP contribution in [0.2, 0.25) is 0 Å². The average molecular weight is 501 g/mol. The van der Waals surface area contributed by atoms with Gasteiger partial charge in [-0.2, -0.15) is 4.31 Å². The predicted molar refractivity (Wildman–Crippen MR) is 136 cm³/mol. The lowest BCUT2D eigenvalue weighted by atomic mass is 9.96. The fraction of sp³-hybridized carbons (Fsp3) is 0.538. The number of aryl methyl sites for hydroxylation is 2. The van der Waals surface area contributed by atoms with Gasteiger partial charge in [-0.05, 0) is 65.0 Å². The molecule has 0 bridgehead atoms. The molecule has 35 heavy (non-hydrogen) atoms. The van der Waals surface area contributed by atoms with Gasteiger partial charge in [-0.1, -0.05) is 18.2 Å². The van der Waals surface area contributed by atoms with Crippen molar-refractivity contribution in [3.05, 3.63) is 47.3 Å². The van der Waals surface area contributed by atoms with Crippen molar-refractivity contribution in [2.45, 2.75) is 57.8 Å². The van der Waals surface area contributed by atoms with Crippen LogP contribution in [0.1, 0.15) is 60.8 Å². The van der Waals surface area contributed by atoms with Gasteiger partial charge in [-0.25, -0.2) is 8.42 Å². The number of hydrogen-bond donors (Lipinski definition) is 1. The van der Waals surface area contributed by atoms with Gasteiger partial charge in [0.15, 0.2) is 0 Å². The quantitative estimate of drug-likeness (QED) is 0.654. The third-order valence-electron chi connectivity index (χ3n) is 7.23. The summed E-state index contributed by atoms with van der Waals surface area (Å²) in [5.74, 6) is -0.410. The Balaban J connectivity index is 1.51. The van der Waals surface area contributed by atoms with Crippen molar-refractivity contribution in [2.75, 3.05) is 37.6 Å². The number of hydrogen-bond acceptors (Lipinski definition) is 4. The summed E-state index contributed by atoms with van der Waals surface area (Å²) < 4.78 is 29.0. The van der Waals surface area contributed by atoms with Crippen LogP contribution in [-0.4, -0.2) is 67.1 Å². The van der Waals surface area contributed by atoms with Crippen LogP contribution in [-0.2, 0) is 14.8 Å². The lowest BCUT2D eigenvalue weighted by Gasteiger charge is -2.34. The van der Waals surface area contributed by atoms with Crippen LogP contribution in [0.3, 0.4) is 0 Å². The number of aromatic amines is 1. The Morgan fingerprint density at radius 1 is 0.971 bits per heavy atom. The van der Waals surface area contributed by atoms with Crippen LogP contribution in [0, 0.1) is 19.8 Å². The minimum Gasteiger partial charge on any atom is -0.361 e. The number of benzene rings is 1. The van der Waals surface area contributed by atoms with Crippen molar-refractivity contribution in [1.82, 2.24) is 14.2 Å². The molecule has 1 aromatic heterocycles. The van der Waals surface area contributed by atoms with Gasteiger partial charge in [0.25, 0.3) is 5.91 Å². The summed E-state index contributed by atoms with van der Waals surface area (Å²) in [4.78, 5) is 33.3. The van der Waals surface area contributed by atoms with Gasteiger partial charge < -0.3 is 14.8 Å². The summed E-state index contributed by atoms with van der Waals surface area (Å²) in [6, 6.07) is 9.56. The van der Waals surface area contributed by atoms with Crippen LogP contribution < -0.4 is 4.90 Å². The Bertz CT molecular complexity index is 1160. The molecule has 1 aromatic carbocycles. The van der Waals surface area contributed by atoms with E-state index in [2.05, 4.69) is 4.98 Å². The zero-order chi connectivity index (χ0) is 25.2. The van der Waals surface area contributed by atoms with E-state index >= 15 is 0 Å². The number of amides is 2. The van der Waals surface area contributed by atoms with E-state index in [1.165, 1.54) is 4.31 Å². The third-order valence-corrected chi connectivity index (χ3v) is 9.30. The Labute approximate surface area is 208 Å². The molecule has 2 amide bonds. The predicted octanol–water partition coefficient (Wildman–Crippen LogP) is 3.71. The molecule has 1 N–H and O–H groups in total. The molecule has 2 fully saturated rings. The standard InChI is InChI=1S/C26H36N4O4S/c1-4-30(22-11-7-5-8-12-22)25(31)21-13-17-29(18-14-21)35(33,34)24-20(3)27-19(2)23(24)26(32)28-15-9-6-10-16-28/h5,7-8,11-12,21,27H,4,6,9-10,13-18H2,1-3H3. The van der Waals surface area contributed by atoms with Gasteiger partial charge in [0.05, 0.1) is 5.56 Å². The number of carbonyl (C=O) groups excluding carboxylic acids is 2. The fourth-order valence-electron chi connectivity index (χ4n) is 5.36. The molecule has 3 heterocycles. The molecule has 2 aromatic rings. The number of nitrogens with zero attached hydrogens (tertiary/aromatic N) is 3. The minimum atomic E-state index is -3.88. The molecule has 0 spiro atoms. The SMILES string of the molecule is CCN(C(=O)C1CCN(S(=O)(=O)c2c(C)[nH]c(C)c2C(=O)N2CCCCC2)CC1)c1ccccc1. The zero-order valence-corrected chi connectivity index (χ0v) is 21.7. The van der Waals surface area contributed by atoms with E-state index in [1.54, 1.807) is 23.6 Å². The normalized spacial score (nSPS) is 18.0. The maximum absolute atomic E-state index is 13.8. The maximum Gasteiger partial charge on any atom is 0.257 e. The molecule has 2 aliphatic heterocycles. The Morgan fingerprint density at radius 3 is 2.20 bits per heavy atom. The van der Waals surface area contributed by atoms with Crippen LogP contribution in [0.25, 0.3) is 0 Å². The highest BCUT2D eigenvalue weighted by molar-refractivity contribution is 7.89. The summed E-state index contributed by atoms with van der Waals surface area (Å²) in [6.07, 6.45) is 3.89. The second-order valence-electron chi connectivity index (χ2n) is 9.53. The summed E-state index contributed by atoms with van der Waals surface area (Å²) in [7, 11) is -3.88. The third kappa shape index (κ3) is 5.02.